The van der Waals surface area contributed by atoms with E-state index in [0.717, 1.165) is 11.1 Å². The van der Waals surface area contributed by atoms with E-state index in [1.807, 2.05) is 26.8 Å². The van der Waals surface area contributed by atoms with E-state index in [1.54, 1.807) is 6.07 Å². The molecule has 0 radical (unpaired) electrons. The number of hydrogen-bond donors (Lipinski definition) is 1. The molecule has 13 heavy (non-hydrogen) atoms. The van der Waals surface area contributed by atoms with Crippen LogP contribution in [0.3, 0.4) is 0 Å². The maximum atomic E-state index is 11.2. The highest BCUT2D eigenvalue weighted by Crippen LogP contribution is 2.17. The maximum Gasteiger partial charge on any atom is 0.188 e. The SMILES string of the molecule is Cc1ccc(C(=O)CO)c(C)c1C. The third kappa shape index (κ3) is 1.78. The van der Waals surface area contributed by atoms with E-state index < -0.39 is 6.61 Å². The van der Waals surface area contributed by atoms with Crippen LogP contribution >= 0.6 is 0 Å². The first-order chi connectivity index (χ1) is 6.07. The lowest BCUT2D eigenvalue weighted by atomic mass is 9.97. The Bertz CT molecular complexity index is 340. The number of benzene rings is 1. The van der Waals surface area contributed by atoms with Crippen molar-refractivity contribution in [3.05, 3.63) is 34.4 Å². The second kappa shape index (κ2) is 3.71. The Hall–Kier alpha value is -1.15. The molecule has 0 spiro atoms. The van der Waals surface area contributed by atoms with Crippen LogP contribution in [0.5, 0.6) is 0 Å². The molecule has 0 bridgehead atoms. The monoisotopic (exact) mass is 178 g/mol. The van der Waals surface area contributed by atoms with Gasteiger partial charge in [-0.15, -0.1) is 0 Å². The van der Waals surface area contributed by atoms with Crippen LogP contribution in [0.1, 0.15) is 27.0 Å². The normalized spacial score (nSPS) is 10.2. The van der Waals surface area contributed by atoms with E-state index in [9.17, 15) is 4.79 Å². The molecule has 2 nitrogen and oxygen atoms in total. The van der Waals surface area contributed by atoms with Crippen LogP contribution in [-0.2, 0) is 0 Å². The summed E-state index contributed by atoms with van der Waals surface area (Å²) in [6, 6.07) is 3.68. The third-order valence-corrected chi connectivity index (χ3v) is 2.50. The Morgan fingerprint density at radius 2 is 1.85 bits per heavy atom. The van der Waals surface area contributed by atoms with Gasteiger partial charge in [-0.2, -0.15) is 0 Å². The zero-order valence-electron chi connectivity index (χ0n) is 8.22. The van der Waals surface area contributed by atoms with Crippen molar-refractivity contribution in [1.29, 1.82) is 0 Å². The first-order valence-electron chi connectivity index (χ1n) is 4.28. The molecule has 0 saturated heterocycles. The van der Waals surface area contributed by atoms with Crippen molar-refractivity contribution in [2.75, 3.05) is 6.61 Å². The van der Waals surface area contributed by atoms with Gasteiger partial charge in [0.05, 0.1) is 0 Å². The van der Waals surface area contributed by atoms with Crippen LogP contribution in [0.4, 0.5) is 0 Å². The molecule has 2 heteroatoms. The minimum absolute atomic E-state index is 0.208. The Labute approximate surface area is 78.2 Å². The summed E-state index contributed by atoms with van der Waals surface area (Å²) in [4.78, 5) is 11.2. The zero-order chi connectivity index (χ0) is 10.0. The van der Waals surface area contributed by atoms with Crippen molar-refractivity contribution >= 4 is 5.78 Å². The van der Waals surface area contributed by atoms with E-state index in [4.69, 9.17) is 5.11 Å². The Balaban J connectivity index is 3.26. The lowest BCUT2D eigenvalue weighted by Crippen LogP contribution is -2.07. The van der Waals surface area contributed by atoms with Gasteiger partial charge in [-0.05, 0) is 37.5 Å². The first-order valence-corrected chi connectivity index (χ1v) is 4.28. The van der Waals surface area contributed by atoms with E-state index >= 15 is 0 Å². The topological polar surface area (TPSA) is 37.3 Å². The minimum Gasteiger partial charge on any atom is -0.388 e. The maximum absolute atomic E-state index is 11.2. The molecule has 1 aromatic rings. The van der Waals surface area contributed by atoms with Crippen LogP contribution in [0.2, 0.25) is 0 Å². The summed E-state index contributed by atoms with van der Waals surface area (Å²) in [7, 11) is 0. The highest BCUT2D eigenvalue weighted by molar-refractivity contribution is 5.98. The zero-order valence-corrected chi connectivity index (χ0v) is 8.22. The number of carbonyl (C=O) groups excluding carboxylic acids is 1. The molecule has 0 aliphatic carbocycles. The second-order valence-electron chi connectivity index (χ2n) is 3.26. The summed E-state index contributed by atoms with van der Waals surface area (Å²) >= 11 is 0. The summed E-state index contributed by atoms with van der Waals surface area (Å²) in [6.07, 6.45) is 0. The highest BCUT2D eigenvalue weighted by atomic mass is 16.3. The van der Waals surface area contributed by atoms with E-state index in [-0.39, 0.29) is 5.78 Å². The number of rotatable bonds is 2. The molecule has 0 fully saturated rings. The van der Waals surface area contributed by atoms with Gasteiger partial charge in [0.25, 0.3) is 0 Å². The standard InChI is InChI=1S/C11H14O2/c1-7-4-5-10(11(13)6-12)9(3)8(7)2/h4-5,12H,6H2,1-3H3. The molecule has 0 aliphatic heterocycles. The van der Waals surface area contributed by atoms with Gasteiger partial charge in [-0.1, -0.05) is 12.1 Å². The fourth-order valence-corrected chi connectivity index (χ4v) is 1.34. The predicted molar refractivity (Wildman–Crippen MR) is 52.1 cm³/mol. The van der Waals surface area contributed by atoms with E-state index in [0.29, 0.717) is 5.56 Å². The highest BCUT2D eigenvalue weighted by Gasteiger charge is 2.09. The van der Waals surface area contributed by atoms with Crippen molar-refractivity contribution in [2.45, 2.75) is 20.8 Å². The number of Topliss-reactive ketones (excluding diaryl/α,β-unsaturated/α-hetero) is 1. The molecule has 0 aliphatic rings. The second-order valence-corrected chi connectivity index (χ2v) is 3.26. The summed E-state index contributed by atoms with van der Waals surface area (Å²) in [6.45, 7) is 5.49. The van der Waals surface area contributed by atoms with Gasteiger partial charge in [0, 0.05) is 5.56 Å². The van der Waals surface area contributed by atoms with Crippen LogP contribution < -0.4 is 0 Å². The van der Waals surface area contributed by atoms with Gasteiger partial charge in [0.15, 0.2) is 5.78 Å². The molecule has 0 aromatic heterocycles. The summed E-state index contributed by atoms with van der Waals surface area (Å²) in [5.41, 5.74) is 3.90. The largest absolute Gasteiger partial charge is 0.388 e. The molecule has 0 saturated carbocycles. The van der Waals surface area contributed by atoms with Gasteiger partial charge in [0.2, 0.25) is 0 Å². The lowest BCUT2D eigenvalue weighted by molar-refractivity contribution is 0.0903. The Kier molecular flexibility index (Phi) is 2.83. The number of aliphatic hydroxyl groups is 1. The van der Waals surface area contributed by atoms with Crippen LogP contribution in [0.25, 0.3) is 0 Å². The fraction of sp³-hybridized carbons (Fsp3) is 0.364. The molecule has 0 amide bonds. The van der Waals surface area contributed by atoms with Crippen molar-refractivity contribution < 1.29 is 9.90 Å². The third-order valence-electron chi connectivity index (χ3n) is 2.50. The van der Waals surface area contributed by atoms with Crippen LogP contribution in [-0.4, -0.2) is 17.5 Å². The minimum atomic E-state index is -0.413. The first kappa shape index (κ1) is 9.93. The molecular formula is C11H14O2. The van der Waals surface area contributed by atoms with E-state index in [2.05, 4.69) is 0 Å². The number of hydrogen-bond acceptors (Lipinski definition) is 2. The van der Waals surface area contributed by atoms with Gasteiger partial charge in [-0.25, -0.2) is 0 Å². The lowest BCUT2D eigenvalue weighted by Gasteiger charge is -2.08. The molecule has 0 atom stereocenters. The Morgan fingerprint density at radius 3 is 2.38 bits per heavy atom. The smallest absolute Gasteiger partial charge is 0.188 e. The van der Waals surface area contributed by atoms with Gasteiger partial charge >= 0.3 is 0 Å². The van der Waals surface area contributed by atoms with Crippen molar-refractivity contribution in [1.82, 2.24) is 0 Å². The molecule has 1 rings (SSSR count). The molecule has 70 valence electrons. The summed E-state index contributed by atoms with van der Waals surface area (Å²) in [5, 5.41) is 8.72. The van der Waals surface area contributed by atoms with Crippen molar-refractivity contribution in [3.63, 3.8) is 0 Å². The van der Waals surface area contributed by atoms with Gasteiger partial charge in [0.1, 0.15) is 6.61 Å². The average molecular weight is 178 g/mol. The molecular weight excluding hydrogens is 164 g/mol. The number of aryl methyl sites for hydroxylation is 1. The number of carbonyl (C=O) groups is 1. The quantitative estimate of drug-likeness (QED) is 0.701. The molecule has 1 aromatic carbocycles. The Morgan fingerprint density at radius 1 is 1.23 bits per heavy atom. The summed E-state index contributed by atoms with van der Waals surface area (Å²) < 4.78 is 0. The predicted octanol–water partition coefficient (Wildman–Crippen LogP) is 1.79. The fourth-order valence-electron chi connectivity index (χ4n) is 1.34. The number of aliphatic hydroxyl groups excluding tert-OH is 1. The number of ketones is 1. The molecule has 1 N–H and O–H groups in total. The van der Waals surface area contributed by atoms with Crippen molar-refractivity contribution in [3.8, 4) is 0 Å². The van der Waals surface area contributed by atoms with Crippen molar-refractivity contribution in [2.24, 2.45) is 0 Å². The van der Waals surface area contributed by atoms with Gasteiger partial charge < -0.3 is 5.11 Å². The van der Waals surface area contributed by atoms with E-state index in [1.165, 1.54) is 5.56 Å². The average Bonchev–Trinajstić information content (AvgIpc) is 2.13. The molecule has 0 unspecified atom stereocenters. The summed E-state index contributed by atoms with van der Waals surface area (Å²) in [5.74, 6) is -0.208. The molecule has 0 heterocycles. The van der Waals surface area contributed by atoms with Gasteiger partial charge in [-0.3, -0.25) is 4.79 Å². The van der Waals surface area contributed by atoms with Crippen LogP contribution in [0, 0.1) is 20.8 Å². The van der Waals surface area contributed by atoms with Crippen LogP contribution in [0.15, 0.2) is 12.1 Å².